The summed E-state index contributed by atoms with van der Waals surface area (Å²) in [5.41, 5.74) is 0.0359. The van der Waals surface area contributed by atoms with Gasteiger partial charge in [0, 0.05) is 29.4 Å². The molecule has 3 amide bonds. The number of thiophene rings is 2. The third-order valence-corrected chi connectivity index (χ3v) is 9.83. The number of fused-ring (bicyclic) bond motifs is 1. The van der Waals surface area contributed by atoms with Gasteiger partial charge < -0.3 is 34.9 Å². The minimum absolute atomic E-state index is 0.0743. The average molecular weight is 721 g/mol. The van der Waals surface area contributed by atoms with E-state index in [0.29, 0.717) is 49.5 Å². The maximum atomic E-state index is 13.9. The van der Waals surface area contributed by atoms with Gasteiger partial charge in [0.05, 0.1) is 19.6 Å². The molecule has 0 saturated carbocycles. The number of carbonyl (C=O) groups excluding carboxylic acids is 4. The van der Waals surface area contributed by atoms with Crippen LogP contribution in [-0.2, 0) is 38.8 Å². The molecule has 14 heteroatoms. The molecule has 50 heavy (non-hydrogen) atoms. The fourth-order valence-corrected chi connectivity index (χ4v) is 6.93. The Morgan fingerprint density at radius 3 is 2.32 bits per heavy atom. The normalized spacial score (nSPS) is 13.6. The standard InChI is InChI=1S/C36H40N4O8S2/c1-45-33(42)20-30(27-13-14-31-32(19-27)48-25-47-31)38-34(43)39-36(24-41,40(21-28-11-7-17-49-28)22-29-12-8-18-50-29)15-5-6-16-37-35(44)46-23-26-9-3-2-4-10-26/h2-4,7-14,17-19,24,30H,5-6,15-16,20-23,25H2,1H3,(H,37,44)(H2,38,39,43)/t30-,36+/m0/s1. The topological polar surface area (TPSA) is 145 Å². The minimum atomic E-state index is -1.45. The summed E-state index contributed by atoms with van der Waals surface area (Å²) in [5, 5.41) is 12.6. The zero-order chi connectivity index (χ0) is 35.2. The summed E-state index contributed by atoms with van der Waals surface area (Å²) in [6, 6.07) is 21.0. The number of nitrogens with one attached hydrogen (secondary N) is 3. The second-order valence-corrected chi connectivity index (χ2v) is 13.6. The maximum Gasteiger partial charge on any atom is 0.407 e. The highest BCUT2D eigenvalue weighted by atomic mass is 32.1. The monoisotopic (exact) mass is 720 g/mol. The molecule has 264 valence electrons. The summed E-state index contributed by atoms with van der Waals surface area (Å²) in [5.74, 6) is 0.533. The second kappa shape index (κ2) is 18.2. The van der Waals surface area contributed by atoms with E-state index in [0.717, 1.165) is 21.6 Å². The van der Waals surface area contributed by atoms with E-state index in [2.05, 4.69) is 16.0 Å². The smallest absolute Gasteiger partial charge is 0.407 e. The van der Waals surface area contributed by atoms with Crippen LogP contribution in [0.3, 0.4) is 0 Å². The Labute approximate surface area is 298 Å². The third-order valence-electron chi connectivity index (χ3n) is 8.11. The number of alkyl carbamates (subject to hydrolysis) is 1. The molecule has 0 spiro atoms. The van der Waals surface area contributed by atoms with Crippen molar-refractivity contribution in [3.63, 3.8) is 0 Å². The summed E-state index contributed by atoms with van der Waals surface area (Å²) < 4.78 is 21.2. The van der Waals surface area contributed by atoms with Crippen molar-refractivity contribution in [3.05, 3.63) is 104 Å². The number of unbranched alkanes of at least 4 members (excludes halogenated alkanes) is 1. The van der Waals surface area contributed by atoms with Crippen LogP contribution in [0.5, 0.6) is 11.5 Å². The number of aldehydes is 1. The number of benzene rings is 2. The fraction of sp³-hybridized carbons (Fsp3) is 0.333. The molecule has 0 radical (unpaired) electrons. The van der Waals surface area contributed by atoms with E-state index in [1.54, 1.807) is 40.9 Å². The molecule has 4 aromatic rings. The van der Waals surface area contributed by atoms with Crippen LogP contribution in [0.2, 0.25) is 0 Å². The molecule has 0 aliphatic carbocycles. The minimum Gasteiger partial charge on any atom is -0.469 e. The molecule has 3 heterocycles. The van der Waals surface area contributed by atoms with Crippen molar-refractivity contribution in [1.29, 1.82) is 0 Å². The molecule has 3 N–H and O–H groups in total. The summed E-state index contributed by atoms with van der Waals surface area (Å²) in [6.45, 7) is 1.34. The molecular weight excluding hydrogens is 681 g/mol. The SMILES string of the molecule is COC(=O)C[C@H](NC(=O)N[C@](C=O)(CCCCNC(=O)OCc1ccccc1)N(Cc1cccs1)Cc1cccs1)c1ccc2c(c1)OCO2. The number of hydrogen-bond acceptors (Lipinski definition) is 11. The highest BCUT2D eigenvalue weighted by Crippen LogP contribution is 2.35. The number of amides is 3. The predicted octanol–water partition coefficient (Wildman–Crippen LogP) is 6.14. The van der Waals surface area contributed by atoms with Crippen molar-refractivity contribution in [2.45, 2.75) is 57.1 Å². The highest BCUT2D eigenvalue weighted by Gasteiger charge is 2.39. The molecule has 0 saturated heterocycles. The van der Waals surface area contributed by atoms with Crippen molar-refractivity contribution >= 4 is 47.1 Å². The van der Waals surface area contributed by atoms with Crippen molar-refractivity contribution in [1.82, 2.24) is 20.9 Å². The van der Waals surface area contributed by atoms with Crippen LogP contribution in [0.1, 0.15) is 52.6 Å². The predicted molar refractivity (Wildman–Crippen MR) is 189 cm³/mol. The van der Waals surface area contributed by atoms with Gasteiger partial charge in [0.15, 0.2) is 23.4 Å². The lowest BCUT2D eigenvalue weighted by molar-refractivity contribution is -0.141. The van der Waals surface area contributed by atoms with E-state index in [-0.39, 0.29) is 26.2 Å². The van der Waals surface area contributed by atoms with Gasteiger partial charge in [-0.3, -0.25) is 14.5 Å². The maximum absolute atomic E-state index is 13.9. The first-order valence-corrected chi connectivity index (χ1v) is 17.9. The van der Waals surface area contributed by atoms with Crippen LogP contribution in [0.15, 0.2) is 83.6 Å². The molecule has 12 nitrogen and oxygen atoms in total. The number of methoxy groups -OCH3 is 1. The van der Waals surface area contributed by atoms with E-state index in [1.807, 2.05) is 70.3 Å². The molecule has 0 unspecified atom stereocenters. The lowest BCUT2D eigenvalue weighted by Gasteiger charge is -2.40. The number of urea groups is 1. The molecule has 5 rings (SSSR count). The zero-order valence-electron chi connectivity index (χ0n) is 27.6. The number of ether oxygens (including phenoxy) is 4. The Morgan fingerprint density at radius 1 is 0.940 bits per heavy atom. The van der Waals surface area contributed by atoms with Crippen molar-refractivity contribution in [3.8, 4) is 11.5 Å². The Balaban J connectivity index is 1.31. The third kappa shape index (κ3) is 10.3. The van der Waals surface area contributed by atoms with E-state index in [9.17, 15) is 19.2 Å². The largest absolute Gasteiger partial charge is 0.469 e. The number of esters is 1. The molecule has 2 aromatic carbocycles. The van der Waals surface area contributed by atoms with Crippen LogP contribution in [0, 0.1) is 0 Å². The zero-order valence-corrected chi connectivity index (χ0v) is 29.3. The van der Waals surface area contributed by atoms with Gasteiger partial charge in [0.2, 0.25) is 6.79 Å². The van der Waals surface area contributed by atoms with Gasteiger partial charge in [0.1, 0.15) is 6.61 Å². The summed E-state index contributed by atoms with van der Waals surface area (Å²) in [4.78, 5) is 55.9. The van der Waals surface area contributed by atoms with Crippen molar-refractivity contribution in [2.24, 2.45) is 0 Å². The second-order valence-electron chi connectivity index (χ2n) is 11.5. The van der Waals surface area contributed by atoms with Gasteiger partial charge in [-0.25, -0.2) is 9.59 Å². The molecule has 1 aliphatic rings. The average Bonchev–Trinajstić information content (AvgIpc) is 3.94. The molecule has 0 fully saturated rings. The quantitative estimate of drug-likeness (QED) is 0.0478. The number of carbonyl (C=O) groups is 4. The lowest BCUT2D eigenvalue weighted by Crippen LogP contribution is -2.63. The van der Waals surface area contributed by atoms with E-state index in [4.69, 9.17) is 18.9 Å². The summed E-state index contributed by atoms with van der Waals surface area (Å²) in [7, 11) is 1.28. The van der Waals surface area contributed by atoms with E-state index < -0.39 is 29.8 Å². The fourth-order valence-electron chi connectivity index (χ4n) is 5.49. The number of nitrogens with zero attached hydrogens (tertiary/aromatic N) is 1. The van der Waals surface area contributed by atoms with Crippen molar-refractivity contribution < 1.29 is 38.1 Å². The summed E-state index contributed by atoms with van der Waals surface area (Å²) >= 11 is 3.11. The van der Waals surface area contributed by atoms with Crippen LogP contribution in [0.25, 0.3) is 0 Å². The van der Waals surface area contributed by atoms with Crippen LogP contribution in [-0.4, -0.2) is 55.4 Å². The van der Waals surface area contributed by atoms with Gasteiger partial charge in [-0.05, 0) is 65.4 Å². The van der Waals surface area contributed by atoms with E-state index in [1.165, 1.54) is 7.11 Å². The van der Waals surface area contributed by atoms with Gasteiger partial charge in [-0.2, -0.15) is 0 Å². The molecular formula is C36H40N4O8S2. The highest BCUT2D eigenvalue weighted by molar-refractivity contribution is 7.10. The van der Waals surface area contributed by atoms with Crippen LogP contribution >= 0.6 is 22.7 Å². The lowest BCUT2D eigenvalue weighted by atomic mass is 10.00. The first-order valence-electron chi connectivity index (χ1n) is 16.1. The number of hydrogen-bond donors (Lipinski definition) is 3. The Hall–Kier alpha value is -4.92. The Bertz CT molecular complexity index is 1650. The Morgan fingerprint density at radius 2 is 1.66 bits per heavy atom. The molecule has 1 aliphatic heterocycles. The van der Waals surface area contributed by atoms with Crippen LogP contribution < -0.4 is 25.4 Å². The molecule has 2 atom stereocenters. The van der Waals surface area contributed by atoms with Crippen molar-refractivity contribution in [2.75, 3.05) is 20.4 Å². The number of rotatable bonds is 18. The van der Waals surface area contributed by atoms with Gasteiger partial charge in [-0.1, -0.05) is 48.5 Å². The molecule has 0 bridgehead atoms. The van der Waals surface area contributed by atoms with E-state index >= 15 is 0 Å². The first kappa shape index (κ1) is 36.4. The van der Waals surface area contributed by atoms with Gasteiger partial charge in [0.25, 0.3) is 0 Å². The van der Waals surface area contributed by atoms with Crippen LogP contribution in [0.4, 0.5) is 9.59 Å². The van der Waals surface area contributed by atoms with Gasteiger partial charge >= 0.3 is 18.1 Å². The molecule has 2 aromatic heterocycles. The first-order chi connectivity index (χ1) is 24.4. The summed E-state index contributed by atoms with van der Waals surface area (Å²) in [6.07, 6.45) is 1.32. The van der Waals surface area contributed by atoms with Gasteiger partial charge in [-0.15, -0.1) is 22.7 Å². The Kier molecular flexibility index (Phi) is 13.2.